The van der Waals surface area contributed by atoms with Crippen LogP contribution in [0.15, 0.2) is 11.6 Å². The molecule has 0 saturated heterocycles. The molecule has 0 aromatic carbocycles. The maximum atomic E-state index is 9.53. The first-order chi connectivity index (χ1) is 4.52. The summed E-state index contributed by atoms with van der Waals surface area (Å²) in [5.74, 6) is 0. The molecule has 1 aliphatic carbocycles. The van der Waals surface area contributed by atoms with Crippen molar-refractivity contribution >= 4 is 0 Å². The molecule has 58 valence electrons. The SMILES string of the molecule is CC1=C[C@@H](O)C(C)(C)CC1. The summed E-state index contributed by atoms with van der Waals surface area (Å²) < 4.78 is 0. The van der Waals surface area contributed by atoms with E-state index >= 15 is 0 Å². The van der Waals surface area contributed by atoms with Gasteiger partial charge in [-0.1, -0.05) is 25.5 Å². The van der Waals surface area contributed by atoms with E-state index in [0.29, 0.717) is 0 Å². The fraction of sp³-hybridized carbons (Fsp3) is 0.778. The Balaban J connectivity index is 2.74. The number of rotatable bonds is 0. The maximum Gasteiger partial charge on any atom is 0.0774 e. The van der Waals surface area contributed by atoms with Gasteiger partial charge >= 0.3 is 0 Å². The smallest absolute Gasteiger partial charge is 0.0774 e. The van der Waals surface area contributed by atoms with E-state index in [-0.39, 0.29) is 11.5 Å². The predicted octanol–water partition coefficient (Wildman–Crippen LogP) is 2.11. The van der Waals surface area contributed by atoms with Gasteiger partial charge in [0.1, 0.15) is 0 Å². The molecule has 1 atom stereocenters. The molecule has 0 aliphatic heterocycles. The molecule has 0 aromatic heterocycles. The zero-order valence-corrected chi connectivity index (χ0v) is 7.02. The standard InChI is InChI=1S/C9H16O/c1-7-4-5-9(2,3)8(10)6-7/h6,8,10H,4-5H2,1-3H3/t8-/m1/s1. The molecule has 0 amide bonds. The quantitative estimate of drug-likeness (QED) is 0.511. The van der Waals surface area contributed by atoms with Crippen LogP contribution < -0.4 is 0 Å². The second-order valence-corrected chi connectivity index (χ2v) is 3.95. The molecule has 10 heavy (non-hydrogen) atoms. The Morgan fingerprint density at radius 2 is 2.20 bits per heavy atom. The van der Waals surface area contributed by atoms with Crippen molar-refractivity contribution in [2.45, 2.75) is 39.7 Å². The van der Waals surface area contributed by atoms with Crippen molar-refractivity contribution in [3.8, 4) is 0 Å². The Hall–Kier alpha value is -0.300. The molecular formula is C9H16O. The van der Waals surface area contributed by atoms with Gasteiger partial charge in [0.15, 0.2) is 0 Å². The van der Waals surface area contributed by atoms with E-state index in [0.717, 1.165) is 12.8 Å². The van der Waals surface area contributed by atoms with Crippen LogP contribution in [0.1, 0.15) is 33.6 Å². The maximum absolute atomic E-state index is 9.53. The minimum Gasteiger partial charge on any atom is -0.388 e. The Kier molecular flexibility index (Phi) is 1.86. The summed E-state index contributed by atoms with van der Waals surface area (Å²) in [4.78, 5) is 0. The van der Waals surface area contributed by atoms with Crippen LogP contribution >= 0.6 is 0 Å². The van der Waals surface area contributed by atoms with Crippen molar-refractivity contribution in [1.82, 2.24) is 0 Å². The molecule has 1 N–H and O–H groups in total. The van der Waals surface area contributed by atoms with E-state index in [1.165, 1.54) is 5.57 Å². The summed E-state index contributed by atoms with van der Waals surface area (Å²) in [6.45, 7) is 6.31. The third kappa shape index (κ3) is 1.40. The Morgan fingerprint density at radius 1 is 1.60 bits per heavy atom. The van der Waals surface area contributed by atoms with E-state index in [1.807, 2.05) is 6.08 Å². The fourth-order valence-electron chi connectivity index (χ4n) is 1.25. The van der Waals surface area contributed by atoms with Crippen molar-refractivity contribution in [2.24, 2.45) is 5.41 Å². The van der Waals surface area contributed by atoms with Crippen LogP contribution in [-0.4, -0.2) is 11.2 Å². The van der Waals surface area contributed by atoms with Crippen LogP contribution in [0.4, 0.5) is 0 Å². The van der Waals surface area contributed by atoms with E-state index in [2.05, 4.69) is 20.8 Å². The molecule has 0 aromatic rings. The van der Waals surface area contributed by atoms with Gasteiger partial charge in [0.2, 0.25) is 0 Å². The molecule has 0 bridgehead atoms. The lowest BCUT2D eigenvalue weighted by atomic mass is 9.76. The van der Waals surface area contributed by atoms with E-state index in [1.54, 1.807) is 0 Å². The summed E-state index contributed by atoms with van der Waals surface area (Å²) in [6.07, 6.45) is 3.99. The zero-order chi connectivity index (χ0) is 7.78. The summed E-state index contributed by atoms with van der Waals surface area (Å²) in [7, 11) is 0. The summed E-state index contributed by atoms with van der Waals surface area (Å²) in [5.41, 5.74) is 1.42. The lowest BCUT2D eigenvalue weighted by Crippen LogP contribution is -2.30. The van der Waals surface area contributed by atoms with Gasteiger partial charge in [-0.25, -0.2) is 0 Å². The van der Waals surface area contributed by atoms with Crippen LogP contribution in [-0.2, 0) is 0 Å². The molecule has 0 heterocycles. The summed E-state index contributed by atoms with van der Waals surface area (Å²) >= 11 is 0. The number of allylic oxidation sites excluding steroid dienone is 1. The average molecular weight is 140 g/mol. The topological polar surface area (TPSA) is 20.2 Å². The van der Waals surface area contributed by atoms with E-state index in [4.69, 9.17) is 0 Å². The van der Waals surface area contributed by atoms with Crippen molar-refractivity contribution < 1.29 is 5.11 Å². The lowest BCUT2D eigenvalue weighted by Gasteiger charge is -2.32. The Morgan fingerprint density at radius 3 is 2.60 bits per heavy atom. The number of aliphatic hydroxyl groups excluding tert-OH is 1. The van der Waals surface area contributed by atoms with Gasteiger partial charge in [0, 0.05) is 0 Å². The van der Waals surface area contributed by atoms with Crippen LogP contribution in [0, 0.1) is 5.41 Å². The molecule has 1 heteroatoms. The van der Waals surface area contributed by atoms with Crippen LogP contribution in [0.25, 0.3) is 0 Å². The second kappa shape index (κ2) is 2.39. The van der Waals surface area contributed by atoms with Crippen LogP contribution in [0.2, 0.25) is 0 Å². The molecule has 1 nitrogen and oxygen atoms in total. The highest BCUT2D eigenvalue weighted by Gasteiger charge is 2.28. The van der Waals surface area contributed by atoms with Gasteiger partial charge in [0.25, 0.3) is 0 Å². The fourth-order valence-corrected chi connectivity index (χ4v) is 1.25. The molecular weight excluding hydrogens is 124 g/mol. The zero-order valence-electron chi connectivity index (χ0n) is 7.02. The number of hydrogen-bond donors (Lipinski definition) is 1. The van der Waals surface area contributed by atoms with Crippen LogP contribution in [0.3, 0.4) is 0 Å². The summed E-state index contributed by atoms with van der Waals surface area (Å²) in [5, 5.41) is 9.53. The third-order valence-electron chi connectivity index (χ3n) is 2.41. The first kappa shape index (κ1) is 7.80. The predicted molar refractivity (Wildman–Crippen MR) is 42.8 cm³/mol. The lowest BCUT2D eigenvalue weighted by molar-refractivity contribution is 0.0754. The monoisotopic (exact) mass is 140 g/mol. The van der Waals surface area contributed by atoms with Crippen molar-refractivity contribution in [3.63, 3.8) is 0 Å². The highest BCUT2D eigenvalue weighted by molar-refractivity contribution is 5.10. The van der Waals surface area contributed by atoms with E-state index in [9.17, 15) is 5.11 Å². The second-order valence-electron chi connectivity index (χ2n) is 3.95. The van der Waals surface area contributed by atoms with Gasteiger partial charge < -0.3 is 5.11 Å². The normalized spacial score (nSPS) is 31.6. The molecule has 0 spiro atoms. The highest BCUT2D eigenvalue weighted by Crippen LogP contribution is 2.34. The Labute approximate surface area is 62.8 Å². The van der Waals surface area contributed by atoms with Gasteiger partial charge in [-0.3, -0.25) is 0 Å². The van der Waals surface area contributed by atoms with Gasteiger partial charge in [-0.2, -0.15) is 0 Å². The minimum absolute atomic E-state index is 0.0967. The van der Waals surface area contributed by atoms with Crippen LogP contribution in [0.5, 0.6) is 0 Å². The molecule has 0 saturated carbocycles. The van der Waals surface area contributed by atoms with Gasteiger partial charge in [0.05, 0.1) is 6.10 Å². The molecule has 1 rings (SSSR count). The largest absolute Gasteiger partial charge is 0.388 e. The Bertz CT molecular complexity index is 156. The van der Waals surface area contributed by atoms with Gasteiger partial charge in [-0.15, -0.1) is 0 Å². The first-order valence-electron chi connectivity index (χ1n) is 3.88. The number of aliphatic hydroxyl groups is 1. The van der Waals surface area contributed by atoms with Gasteiger partial charge in [-0.05, 0) is 25.2 Å². The van der Waals surface area contributed by atoms with Crippen molar-refractivity contribution in [2.75, 3.05) is 0 Å². The molecule has 0 fully saturated rings. The molecule has 0 radical (unpaired) electrons. The van der Waals surface area contributed by atoms with Crippen molar-refractivity contribution in [3.05, 3.63) is 11.6 Å². The number of hydrogen-bond acceptors (Lipinski definition) is 1. The first-order valence-corrected chi connectivity index (χ1v) is 3.88. The average Bonchev–Trinajstić information content (AvgIpc) is 1.81. The molecule has 0 unspecified atom stereocenters. The van der Waals surface area contributed by atoms with Crippen molar-refractivity contribution in [1.29, 1.82) is 0 Å². The third-order valence-corrected chi connectivity index (χ3v) is 2.41. The van der Waals surface area contributed by atoms with E-state index < -0.39 is 0 Å². The molecule has 1 aliphatic rings. The highest BCUT2D eigenvalue weighted by atomic mass is 16.3. The summed E-state index contributed by atoms with van der Waals surface area (Å²) in [6, 6.07) is 0. The minimum atomic E-state index is -0.235.